The van der Waals surface area contributed by atoms with Crippen LogP contribution in [0.3, 0.4) is 0 Å². The third kappa shape index (κ3) is 2.29. The lowest BCUT2D eigenvalue weighted by Crippen LogP contribution is -2.35. The van der Waals surface area contributed by atoms with Crippen molar-refractivity contribution in [3.63, 3.8) is 0 Å². The van der Waals surface area contributed by atoms with E-state index in [0.717, 1.165) is 25.9 Å². The van der Waals surface area contributed by atoms with Gasteiger partial charge in [-0.25, -0.2) is 0 Å². The molecule has 0 bridgehead atoms. The fraction of sp³-hybridized carbons (Fsp3) is 0.500. The Bertz CT molecular complexity index is 442. The van der Waals surface area contributed by atoms with Crippen molar-refractivity contribution < 1.29 is 9.47 Å². The molecule has 1 aliphatic carbocycles. The SMILES string of the molecule is C#C[C@@H]1C[C@@H](OCc2ccccc2)CC[C@]12CO2. The van der Waals surface area contributed by atoms with Crippen LogP contribution in [-0.2, 0) is 16.1 Å². The Morgan fingerprint density at radius 3 is 2.83 bits per heavy atom. The van der Waals surface area contributed by atoms with E-state index < -0.39 is 0 Å². The van der Waals surface area contributed by atoms with E-state index in [2.05, 4.69) is 18.1 Å². The summed E-state index contributed by atoms with van der Waals surface area (Å²) >= 11 is 0. The molecule has 2 heteroatoms. The average Bonchev–Trinajstić information content (AvgIpc) is 3.20. The Hall–Kier alpha value is -1.30. The van der Waals surface area contributed by atoms with Gasteiger partial charge in [-0.15, -0.1) is 12.3 Å². The molecule has 2 nitrogen and oxygen atoms in total. The first-order chi connectivity index (χ1) is 8.82. The molecule has 94 valence electrons. The van der Waals surface area contributed by atoms with Crippen molar-refractivity contribution in [3.8, 4) is 12.3 Å². The maximum atomic E-state index is 5.97. The lowest BCUT2D eigenvalue weighted by molar-refractivity contribution is -0.0103. The molecule has 0 N–H and O–H groups in total. The highest BCUT2D eigenvalue weighted by Crippen LogP contribution is 2.46. The highest BCUT2D eigenvalue weighted by atomic mass is 16.6. The Balaban J connectivity index is 1.54. The summed E-state index contributed by atoms with van der Waals surface area (Å²) in [6.45, 7) is 1.52. The monoisotopic (exact) mass is 242 g/mol. The molecule has 1 aromatic rings. The van der Waals surface area contributed by atoms with Gasteiger partial charge in [0.2, 0.25) is 0 Å². The van der Waals surface area contributed by atoms with Crippen molar-refractivity contribution in [2.24, 2.45) is 5.92 Å². The normalized spacial score (nSPS) is 34.2. The predicted octanol–water partition coefficient (Wildman–Crippen LogP) is 2.77. The van der Waals surface area contributed by atoms with E-state index in [1.807, 2.05) is 18.2 Å². The van der Waals surface area contributed by atoms with Crippen molar-refractivity contribution >= 4 is 0 Å². The van der Waals surface area contributed by atoms with Gasteiger partial charge < -0.3 is 9.47 Å². The molecular formula is C16H18O2. The molecule has 3 rings (SSSR count). The van der Waals surface area contributed by atoms with Crippen LogP contribution in [0.1, 0.15) is 24.8 Å². The van der Waals surface area contributed by atoms with E-state index in [9.17, 15) is 0 Å². The summed E-state index contributed by atoms with van der Waals surface area (Å²) in [6, 6.07) is 10.3. The maximum absolute atomic E-state index is 5.97. The molecule has 1 saturated heterocycles. The molecule has 0 amide bonds. The quantitative estimate of drug-likeness (QED) is 0.600. The minimum absolute atomic E-state index is 0.0152. The van der Waals surface area contributed by atoms with Crippen LogP contribution in [0.25, 0.3) is 0 Å². The Labute approximate surface area is 108 Å². The molecule has 1 aromatic carbocycles. The van der Waals surface area contributed by atoms with Crippen molar-refractivity contribution in [2.75, 3.05) is 6.61 Å². The lowest BCUT2D eigenvalue weighted by atomic mass is 9.78. The summed E-state index contributed by atoms with van der Waals surface area (Å²) < 4.78 is 11.5. The first kappa shape index (κ1) is 11.8. The van der Waals surface area contributed by atoms with E-state index in [1.165, 1.54) is 5.56 Å². The fourth-order valence-electron chi connectivity index (χ4n) is 2.77. The Kier molecular flexibility index (Phi) is 3.11. The van der Waals surface area contributed by atoms with Crippen LogP contribution in [0.2, 0.25) is 0 Å². The van der Waals surface area contributed by atoms with Crippen molar-refractivity contribution in [3.05, 3.63) is 35.9 Å². The van der Waals surface area contributed by atoms with Gasteiger partial charge in [-0.1, -0.05) is 30.3 Å². The third-order valence-electron chi connectivity index (χ3n) is 4.07. The summed E-state index contributed by atoms with van der Waals surface area (Å²) in [5, 5.41) is 0. The average molecular weight is 242 g/mol. The zero-order valence-electron chi connectivity index (χ0n) is 10.5. The molecule has 3 atom stereocenters. The first-order valence-corrected chi connectivity index (χ1v) is 6.58. The van der Waals surface area contributed by atoms with Gasteiger partial charge in [0, 0.05) is 0 Å². The highest BCUT2D eigenvalue weighted by Gasteiger charge is 2.53. The number of benzene rings is 1. The molecule has 1 saturated carbocycles. The molecule has 1 spiro atoms. The Morgan fingerprint density at radius 2 is 2.17 bits per heavy atom. The molecule has 1 aliphatic heterocycles. The summed E-state index contributed by atoms with van der Waals surface area (Å²) in [5.41, 5.74) is 1.24. The van der Waals surface area contributed by atoms with Crippen molar-refractivity contribution in [1.82, 2.24) is 0 Å². The second kappa shape index (κ2) is 4.76. The Morgan fingerprint density at radius 1 is 1.39 bits per heavy atom. The zero-order valence-corrected chi connectivity index (χ0v) is 10.5. The van der Waals surface area contributed by atoms with Gasteiger partial charge in [0.15, 0.2) is 0 Å². The molecule has 0 aromatic heterocycles. The zero-order chi connectivity index (χ0) is 12.4. The van der Waals surface area contributed by atoms with Crippen LogP contribution in [-0.4, -0.2) is 18.3 Å². The molecule has 1 heterocycles. The largest absolute Gasteiger partial charge is 0.373 e. The summed E-state index contributed by atoms with van der Waals surface area (Å²) in [4.78, 5) is 0. The van der Waals surface area contributed by atoms with E-state index in [-0.39, 0.29) is 17.6 Å². The molecule has 2 fully saturated rings. The molecular weight excluding hydrogens is 224 g/mol. The van der Waals surface area contributed by atoms with Crippen LogP contribution in [0.5, 0.6) is 0 Å². The van der Waals surface area contributed by atoms with Crippen LogP contribution in [0.15, 0.2) is 30.3 Å². The van der Waals surface area contributed by atoms with E-state index in [1.54, 1.807) is 0 Å². The highest BCUT2D eigenvalue weighted by molar-refractivity contribution is 5.15. The van der Waals surface area contributed by atoms with Gasteiger partial charge in [0.25, 0.3) is 0 Å². The van der Waals surface area contributed by atoms with Crippen LogP contribution in [0, 0.1) is 18.3 Å². The maximum Gasteiger partial charge on any atom is 0.105 e. The van der Waals surface area contributed by atoms with Crippen molar-refractivity contribution in [1.29, 1.82) is 0 Å². The van der Waals surface area contributed by atoms with Gasteiger partial charge in [0.05, 0.1) is 25.2 Å². The summed E-state index contributed by atoms with van der Waals surface area (Å²) in [7, 11) is 0. The summed E-state index contributed by atoms with van der Waals surface area (Å²) in [6.07, 6.45) is 8.92. The van der Waals surface area contributed by atoms with Gasteiger partial charge in [-0.2, -0.15) is 0 Å². The number of hydrogen-bond donors (Lipinski definition) is 0. The van der Waals surface area contributed by atoms with Crippen LogP contribution >= 0.6 is 0 Å². The van der Waals surface area contributed by atoms with Gasteiger partial charge in [0.1, 0.15) is 5.60 Å². The standard InChI is InChI=1S/C16H18O2/c1-2-14-10-15(8-9-16(14)12-18-16)17-11-13-6-4-3-5-7-13/h1,3-7,14-15H,8-12H2/t14-,15+,16+/m1/s1. The van der Waals surface area contributed by atoms with Gasteiger partial charge in [-0.05, 0) is 24.8 Å². The minimum Gasteiger partial charge on any atom is -0.373 e. The molecule has 0 unspecified atom stereocenters. The predicted molar refractivity (Wildman–Crippen MR) is 69.9 cm³/mol. The topological polar surface area (TPSA) is 21.8 Å². The number of ether oxygens (including phenoxy) is 2. The minimum atomic E-state index is 0.0152. The lowest BCUT2D eigenvalue weighted by Gasteiger charge is -2.31. The van der Waals surface area contributed by atoms with Gasteiger partial charge in [-0.3, -0.25) is 0 Å². The van der Waals surface area contributed by atoms with E-state index >= 15 is 0 Å². The third-order valence-corrected chi connectivity index (χ3v) is 4.07. The van der Waals surface area contributed by atoms with Gasteiger partial charge >= 0.3 is 0 Å². The number of rotatable bonds is 3. The smallest absolute Gasteiger partial charge is 0.105 e. The van der Waals surface area contributed by atoms with Crippen LogP contribution in [0.4, 0.5) is 0 Å². The van der Waals surface area contributed by atoms with E-state index in [0.29, 0.717) is 6.61 Å². The molecule has 2 aliphatic rings. The summed E-state index contributed by atoms with van der Waals surface area (Å²) in [5.74, 6) is 3.11. The second-order valence-corrected chi connectivity index (χ2v) is 5.27. The number of hydrogen-bond acceptors (Lipinski definition) is 2. The number of terminal acetylenes is 1. The molecule has 0 radical (unpaired) electrons. The van der Waals surface area contributed by atoms with Crippen LogP contribution < -0.4 is 0 Å². The second-order valence-electron chi connectivity index (χ2n) is 5.27. The van der Waals surface area contributed by atoms with Crippen molar-refractivity contribution in [2.45, 2.75) is 37.6 Å². The first-order valence-electron chi connectivity index (χ1n) is 6.58. The number of epoxide rings is 1. The molecule has 18 heavy (non-hydrogen) atoms. The fourth-order valence-corrected chi connectivity index (χ4v) is 2.77. The van der Waals surface area contributed by atoms with E-state index in [4.69, 9.17) is 15.9 Å².